The molecule has 1 atom stereocenters. The van der Waals surface area contributed by atoms with Crippen molar-refractivity contribution in [3.05, 3.63) is 36.4 Å². The number of benzene rings is 2. The van der Waals surface area contributed by atoms with Crippen molar-refractivity contribution < 1.29 is 23.7 Å². The maximum absolute atomic E-state index is 12.5. The molecule has 1 N–H and O–H groups in total. The Hall–Kier alpha value is -3.00. The molecule has 0 spiro atoms. The molecule has 1 unspecified atom stereocenters. The van der Waals surface area contributed by atoms with E-state index in [-0.39, 0.29) is 12.5 Å². The number of nitrogens with zero attached hydrogens (tertiary/aromatic N) is 1. The van der Waals surface area contributed by atoms with E-state index in [1.54, 1.807) is 32.4 Å². The molecule has 0 radical (unpaired) electrons. The summed E-state index contributed by atoms with van der Waals surface area (Å²) in [4.78, 5) is 16.9. The number of aromatic nitrogens is 1. The maximum atomic E-state index is 12.5. The molecule has 26 heavy (non-hydrogen) atoms. The van der Waals surface area contributed by atoms with Gasteiger partial charge in [-0.05, 0) is 12.1 Å². The normalized spacial score (nSPS) is 15.5. The van der Waals surface area contributed by atoms with Crippen molar-refractivity contribution in [2.45, 2.75) is 6.10 Å². The van der Waals surface area contributed by atoms with Crippen molar-refractivity contribution in [3.63, 3.8) is 0 Å². The van der Waals surface area contributed by atoms with Crippen molar-refractivity contribution in [3.8, 4) is 23.0 Å². The van der Waals surface area contributed by atoms with Crippen LogP contribution in [0, 0.1) is 0 Å². The van der Waals surface area contributed by atoms with Gasteiger partial charge in [0.1, 0.15) is 6.61 Å². The zero-order valence-electron chi connectivity index (χ0n) is 14.1. The monoisotopic (exact) mass is 372 g/mol. The first-order chi connectivity index (χ1) is 12.7. The number of thiazole rings is 1. The average Bonchev–Trinajstić information content (AvgIpc) is 3.07. The van der Waals surface area contributed by atoms with E-state index < -0.39 is 6.10 Å². The number of ether oxygens (including phenoxy) is 4. The minimum atomic E-state index is -0.735. The van der Waals surface area contributed by atoms with Gasteiger partial charge in [0.2, 0.25) is 6.10 Å². The van der Waals surface area contributed by atoms with Crippen molar-refractivity contribution >= 4 is 32.6 Å². The number of hydrogen-bond acceptors (Lipinski definition) is 7. The van der Waals surface area contributed by atoms with Crippen molar-refractivity contribution in [2.24, 2.45) is 0 Å². The van der Waals surface area contributed by atoms with Gasteiger partial charge in [0, 0.05) is 12.1 Å². The van der Waals surface area contributed by atoms with Gasteiger partial charge in [0.05, 0.1) is 24.4 Å². The van der Waals surface area contributed by atoms with Crippen LogP contribution < -0.4 is 24.3 Å². The molecule has 0 bridgehead atoms. The molecule has 1 aliphatic rings. The lowest BCUT2D eigenvalue weighted by molar-refractivity contribution is -0.125. The zero-order chi connectivity index (χ0) is 18.1. The van der Waals surface area contributed by atoms with Crippen LogP contribution in [0.1, 0.15) is 0 Å². The minimum absolute atomic E-state index is 0.148. The zero-order valence-corrected chi connectivity index (χ0v) is 15.0. The number of para-hydroxylation sites is 2. The number of methoxy groups -OCH3 is 2. The highest BCUT2D eigenvalue weighted by Crippen LogP contribution is 2.36. The molecule has 0 saturated carbocycles. The van der Waals surface area contributed by atoms with E-state index in [4.69, 9.17) is 18.9 Å². The van der Waals surface area contributed by atoms with Crippen molar-refractivity contribution in [1.29, 1.82) is 0 Å². The third-order valence-electron chi connectivity index (χ3n) is 3.92. The number of anilines is 1. The number of nitrogens with one attached hydrogen (secondary N) is 1. The summed E-state index contributed by atoms with van der Waals surface area (Å²) in [5.74, 6) is 2.08. The highest BCUT2D eigenvalue weighted by atomic mass is 32.1. The Bertz CT molecular complexity index is 930. The van der Waals surface area contributed by atoms with E-state index in [1.807, 2.05) is 18.2 Å². The summed E-state index contributed by atoms with van der Waals surface area (Å²) < 4.78 is 22.7. The van der Waals surface area contributed by atoms with Crippen LogP contribution in [0.15, 0.2) is 36.4 Å². The smallest absolute Gasteiger partial charge is 0.270 e. The van der Waals surface area contributed by atoms with Crippen LogP contribution >= 0.6 is 11.3 Å². The van der Waals surface area contributed by atoms with Crippen LogP contribution in [0.4, 0.5) is 5.13 Å². The highest BCUT2D eigenvalue weighted by molar-refractivity contribution is 7.22. The van der Waals surface area contributed by atoms with Crippen molar-refractivity contribution in [2.75, 3.05) is 26.1 Å². The van der Waals surface area contributed by atoms with Crippen LogP contribution in [0.2, 0.25) is 0 Å². The van der Waals surface area contributed by atoms with E-state index in [2.05, 4.69) is 10.3 Å². The molecule has 1 aromatic heterocycles. The number of carbonyl (C=O) groups is 1. The van der Waals surface area contributed by atoms with Crippen LogP contribution in [0.25, 0.3) is 10.2 Å². The van der Waals surface area contributed by atoms with Gasteiger partial charge in [-0.25, -0.2) is 4.98 Å². The standard InChI is InChI=1S/C18H16N2O5S/c1-22-13-7-10-16(8-14(13)23-2)26-18(19-10)20-17(21)15-9-24-11-5-3-4-6-12(11)25-15/h3-8,15H,9H2,1-2H3,(H,19,20,21). The Morgan fingerprint density at radius 1 is 1.19 bits per heavy atom. The first-order valence-corrected chi connectivity index (χ1v) is 8.71. The maximum Gasteiger partial charge on any atom is 0.270 e. The second-order valence-corrected chi connectivity index (χ2v) is 6.58. The van der Waals surface area contributed by atoms with Gasteiger partial charge < -0.3 is 18.9 Å². The largest absolute Gasteiger partial charge is 0.493 e. The molecule has 0 aliphatic carbocycles. The molecule has 8 heteroatoms. The summed E-state index contributed by atoms with van der Waals surface area (Å²) in [7, 11) is 3.14. The molecule has 2 heterocycles. The SMILES string of the molecule is COc1cc2nc(NC(=O)C3COc4ccccc4O3)sc2cc1OC. The summed E-state index contributed by atoms with van der Waals surface area (Å²) in [5.41, 5.74) is 0.717. The van der Waals surface area contributed by atoms with Gasteiger partial charge >= 0.3 is 0 Å². The van der Waals surface area contributed by atoms with E-state index in [0.717, 1.165) is 4.70 Å². The number of fused-ring (bicyclic) bond motifs is 2. The first kappa shape index (κ1) is 16.5. The third-order valence-corrected chi connectivity index (χ3v) is 4.86. The molecule has 134 valence electrons. The lowest BCUT2D eigenvalue weighted by Crippen LogP contribution is -2.40. The van der Waals surface area contributed by atoms with Crippen molar-refractivity contribution in [1.82, 2.24) is 4.98 Å². The fourth-order valence-electron chi connectivity index (χ4n) is 2.64. The van der Waals surface area contributed by atoms with E-state index in [1.165, 1.54) is 11.3 Å². The molecule has 7 nitrogen and oxygen atoms in total. The average molecular weight is 372 g/mol. The Balaban J connectivity index is 1.53. The molecular formula is C18H16N2O5S. The van der Waals surface area contributed by atoms with Gasteiger partial charge in [-0.2, -0.15) is 0 Å². The lowest BCUT2D eigenvalue weighted by atomic mass is 10.2. The number of carbonyl (C=O) groups excluding carboxylic acids is 1. The molecule has 0 saturated heterocycles. The molecule has 1 aliphatic heterocycles. The van der Waals surface area contributed by atoms with Crippen LogP contribution in [0.5, 0.6) is 23.0 Å². The predicted molar refractivity (Wildman–Crippen MR) is 97.7 cm³/mol. The topological polar surface area (TPSA) is 78.9 Å². The molecular weight excluding hydrogens is 356 g/mol. The minimum Gasteiger partial charge on any atom is -0.493 e. The summed E-state index contributed by atoms with van der Waals surface area (Å²) in [6, 6.07) is 10.9. The van der Waals surface area contributed by atoms with Crippen LogP contribution in [-0.2, 0) is 4.79 Å². The van der Waals surface area contributed by atoms with E-state index in [9.17, 15) is 4.79 Å². The molecule has 2 aromatic carbocycles. The van der Waals surface area contributed by atoms with Gasteiger partial charge in [-0.15, -0.1) is 0 Å². The first-order valence-electron chi connectivity index (χ1n) is 7.90. The summed E-state index contributed by atoms with van der Waals surface area (Å²) in [6.45, 7) is 0.148. The third kappa shape index (κ3) is 2.99. The molecule has 0 fully saturated rings. The number of rotatable bonds is 4. The lowest BCUT2D eigenvalue weighted by Gasteiger charge is -2.25. The number of amides is 1. The quantitative estimate of drug-likeness (QED) is 0.758. The highest BCUT2D eigenvalue weighted by Gasteiger charge is 2.28. The van der Waals surface area contributed by atoms with E-state index in [0.29, 0.717) is 33.6 Å². The Morgan fingerprint density at radius 2 is 1.92 bits per heavy atom. The molecule has 3 aromatic rings. The Morgan fingerprint density at radius 3 is 2.69 bits per heavy atom. The second kappa shape index (κ2) is 6.72. The van der Waals surface area contributed by atoms with Gasteiger partial charge in [-0.1, -0.05) is 23.5 Å². The van der Waals surface area contributed by atoms with Gasteiger partial charge in [-0.3, -0.25) is 10.1 Å². The van der Waals surface area contributed by atoms with Gasteiger partial charge in [0.15, 0.2) is 28.1 Å². The fraction of sp³-hybridized carbons (Fsp3) is 0.222. The summed E-state index contributed by atoms with van der Waals surface area (Å²) >= 11 is 1.35. The predicted octanol–water partition coefficient (Wildman–Crippen LogP) is 3.09. The van der Waals surface area contributed by atoms with Gasteiger partial charge in [0.25, 0.3) is 5.91 Å². The summed E-state index contributed by atoms with van der Waals surface area (Å²) in [5, 5.41) is 3.26. The van der Waals surface area contributed by atoms with E-state index >= 15 is 0 Å². The van der Waals surface area contributed by atoms with Crippen LogP contribution in [0.3, 0.4) is 0 Å². The molecule has 4 rings (SSSR count). The Kier molecular flexibility index (Phi) is 4.26. The molecule has 1 amide bonds. The number of hydrogen-bond donors (Lipinski definition) is 1. The second-order valence-electron chi connectivity index (χ2n) is 5.55. The summed E-state index contributed by atoms with van der Waals surface area (Å²) in [6.07, 6.45) is -0.735. The fourth-order valence-corrected chi connectivity index (χ4v) is 3.52. The van der Waals surface area contributed by atoms with Crippen LogP contribution in [-0.4, -0.2) is 37.8 Å². The Labute approximate surface area is 153 Å².